The predicted molar refractivity (Wildman–Crippen MR) is 67.8 cm³/mol. The third kappa shape index (κ3) is 2.11. The van der Waals surface area contributed by atoms with Gasteiger partial charge in [0.25, 0.3) is 0 Å². The van der Waals surface area contributed by atoms with Crippen LogP contribution in [0.4, 0.5) is 0 Å². The molecule has 1 aromatic heterocycles. The first-order valence-electron chi connectivity index (χ1n) is 6.66. The molecule has 0 saturated carbocycles. The highest BCUT2D eigenvalue weighted by Gasteiger charge is 2.41. The minimum Gasteiger partial charge on any atom is -0.316 e. The fourth-order valence-corrected chi connectivity index (χ4v) is 3.42. The highest BCUT2D eigenvalue weighted by molar-refractivity contribution is 5.05. The lowest BCUT2D eigenvalue weighted by atomic mass is 9.95. The van der Waals surface area contributed by atoms with Crippen LogP contribution in [0.2, 0.25) is 0 Å². The van der Waals surface area contributed by atoms with Crippen molar-refractivity contribution in [1.82, 2.24) is 20.0 Å². The minimum absolute atomic E-state index is 0.742. The molecule has 2 aliphatic heterocycles. The number of fused-ring (bicyclic) bond motifs is 1. The van der Waals surface area contributed by atoms with Crippen LogP contribution in [-0.2, 0) is 13.5 Å². The van der Waals surface area contributed by atoms with Crippen LogP contribution in [0.25, 0.3) is 0 Å². The van der Waals surface area contributed by atoms with E-state index in [0.29, 0.717) is 0 Å². The molecule has 94 valence electrons. The Morgan fingerprint density at radius 1 is 1.47 bits per heavy atom. The average Bonchev–Trinajstić information content (AvgIpc) is 2.96. The van der Waals surface area contributed by atoms with Gasteiger partial charge in [0.1, 0.15) is 0 Å². The molecule has 0 aliphatic carbocycles. The first-order chi connectivity index (χ1) is 8.24. The Morgan fingerprint density at radius 2 is 2.35 bits per heavy atom. The van der Waals surface area contributed by atoms with Gasteiger partial charge in [-0.2, -0.15) is 5.10 Å². The Morgan fingerprint density at radius 3 is 3.06 bits per heavy atom. The molecule has 1 N–H and O–H groups in total. The highest BCUT2D eigenvalue weighted by Crippen LogP contribution is 2.32. The molecule has 4 heteroatoms. The van der Waals surface area contributed by atoms with Gasteiger partial charge in [-0.1, -0.05) is 0 Å². The van der Waals surface area contributed by atoms with E-state index in [1.165, 1.54) is 31.7 Å². The van der Waals surface area contributed by atoms with Crippen molar-refractivity contribution < 1.29 is 0 Å². The Balaban J connectivity index is 1.56. The fourth-order valence-electron chi connectivity index (χ4n) is 3.42. The van der Waals surface area contributed by atoms with Gasteiger partial charge in [0.2, 0.25) is 0 Å². The van der Waals surface area contributed by atoms with E-state index in [2.05, 4.69) is 28.4 Å². The van der Waals surface area contributed by atoms with E-state index in [1.54, 1.807) is 0 Å². The molecular weight excluding hydrogens is 212 g/mol. The molecule has 3 heterocycles. The van der Waals surface area contributed by atoms with Crippen LogP contribution in [0.3, 0.4) is 0 Å². The molecule has 4 nitrogen and oxygen atoms in total. The number of aryl methyl sites for hydroxylation is 1. The minimum atomic E-state index is 0.742. The molecule has 2 aliphatic rings. The monoisotopic (exact) mass is 234 g/mol. The quantitative estimate of drug-likeness (QED) is 0.827. The predicted octanol–water partition coefficient (Wildman–Crippen LogP) is 0.502. The number of likely N-dealkylation sites (tertiary alicyclic amines) is 1. The van der Waals surface area contributed by atoms with E-state index in [0.717, 1.165) is 24.3 Å². The van der Waals surface area contributed by atoms with Crippen LogP contribution >= 0.6 is 0 Å². The zero-order valence-corrected chi connectivity index (χ0v) is 10.8. The third-order valence-electron chi connectivity index (χ3n) is 4.50. The normalized spacial score (nSPS) is 33.2. The molecule has 0 aromatic carbocycles. The summed E-state index contributed by atoms with van der Waals surface area (Å²) in [6, 6.07) is 0.742. The maximum absolute atomic E-state index is 4.23. The van der Waals surface area contributed by atoms with Gasteiger partial charge < -0.3 is 5.32 Å². The smallest absolute Gasteiger partial charge is 0.0522 e. The zero-order chi connectivity index (χ0) is 11.8. The van der Waals surface area contributed by atoms with Gasteiger partial charge in [0.15, 0.2) is 0 Å². The number of nitrogens with one attached hydrogen (secondary N) is 1. The number of hydrogen-bond donors (Lipinski definition) is 1. The van der Waals surface area contributed by atoms with E-state index in [4.69, 9.17) is 0 Å². The summed E-state index contributed by atoms with van der Waals surface area (Å²) in [5.74, 6) is 1.77. The average molecular weight is 234 g/mol. The first kappa shape index (κ1) is 11.2. The van der Waals surface area contributed by atoms with Crippen molar-refractivity contribution in [2.24, 2.45) is 18.9 Å². The second kappa shape index (κ2) is 4.42. The lowest BCUT2D eigenvalue weighted by Crippen LogP contribution is -2.34. The summed E-state index contributed by atoms with van der Waals surface area (Å²) in [5.41, 5.74) is 1.36. The molecule has 0 bridgehead atoms. The fraction of sp³-hybridized carbons (Fsp3) is 0.769. The van der Waals surface area contributed by atoms with Crippen molar-refractivity contribution in [3.05, 3.63) is 18.0 Å². The number of aromatic nitrogens is 2. The summed E-state index contributed by atoms with van der Waals surface area (Å²) in [7, 11) is 1.98. The van der Waals surface area contributed by atoms with E-state index in [1.807, 2.05) is 17.9 Å². The van der Waals surface area contributed by atoms with Crippen molar-refractivity contribution >= 4 is 0 Å². The van der Waals surface area contributed by atoms with Crippen molar-refractivity contribution in [1.29, 1.82) is 0 Å². The molecule has 3 atom stereocenters. The molecule has 0 spiro atoms. The van der Waals surface area contributed by atoms with Crippen molar-refractivity contribution in [2.45, 2.75) is 19.4 Å². The van der Waals surface area contributed by atoms with E-state index < -0.39 is 0 Å². The van der Waals surface area contributed by atoms with E-state index in [-0.39, 0.29) is 0 Å². The van der Waals surface area contributed by atoms with Gasteiger partial charge in [-0.15, -0.1) is 0 Å². The van der Waals surface area contributed by atoms with Gasteiger partial charge in [-0.25, -0.2) is 0 Å². The van der Waals surface area contributed by atoms with Crippen LogP contribution in [0.1, 0.15) is 12.5 Å². The second-order valence-corrected chi connectivity index (χ2v) is 5.59. The van der Waals surface area contributed by atoms with Crippen LogP contribution < -0.4 is 5.32 Å². The molecule has 17 heavy (non-hydrogen) atoms. The van der Waals surface area contributed by atoms with Gasteiger partial charge in [-0.05, 0) is 43.8 Å². The van der Waals surface area contributed by atoms with Crippen molar-refractivity contribution in [2.75, 3.05) is 26.2 Å². The summed E-state index contributed by atoms with van der Waals surface area (Å²) in [6.45, 7) is 7.29. The Hall–Kier alpha value is -0.870. The Bertz CT molecular complexity index is 387. The van der Waals surface area contributed by atoms with Gasteiger partial charge in [0, 0.05) is 32.4 Å². The summed E-state index contributed by atoms with van der Waals surface area (Å²) < 4.78 is 1.89. The zero-order valence-electron chi connectivity index (χ0n) is 10.8. The van der Waals surface area contributed by atoms with Crippen molar-refractivity contribution in [3.8, 4) is 0 Å². The molecule has 3 unspecified atom stereocenters. The van der Waals surface area contributed by atoms with Gasteiger partial charge in [-0.3, -0.25) is 9.58 Å². The SMILES string of the molecule is CC1C2CNCC2CN1CCc1cnn(C)c1. The van der Waals surface area contributed by atoms with Crippen LogP contribution in [-0.4, -0.2) is 46.9 Å². The molecule has 0 radical (unpaired) electrons. The Labute approximate surface area is 103 Å². The number of rotatable bonds is 3. The molecular formula is C13H22N4. The first-order valence-corrected chi connectivity index (χ1v) is 6.66. The van der Waals surface area contributed by atoms with E-state index in [9.17, 15) is 0 Å². The third-order valence-corrected chi connectivity index (χ3v) is 4.50. The number of nitrogens with zero attached hydrogens (tertiary/aromatic N) is 3. The maximum Gasteiger partial charge on any atom is 0.0522 e. The van der Waals surface area contributed by atoms with Crippen LogP contribution in [0, 0.1) is 11.8 Å². The Kier molecular flexibility index (Phi) is 2.92. The standard InChI is InChI=1S/C13H22N4/c1-10-13-7-14-6-12(13)9-17(10)4-3-11-5-15-16(2)8-11/h5,8,10,12-14H,3-4,6-7,9H2,1-2H3. The lowest BCUT2D eigenvalue weighted by molar-refractivity contribution is 0.242. The summed E-state index contributed by atoms with van der Waals surface area (Å²) in [5, 5.41) is 7.74. The molecule has 1 aromatic rings. The van der Waals surface area contributed by atoms with Gasteiger partial charge in [0.05, 0.1) is 6.20 Å². The summed E-state index contributed by atoms with van der Waals surface area (Å²) in [4.78, 5) is 2.66. The van der Waals surface area contributed by atoms with Crippen molar-refractivity contribution in [3.63, 3.8) is 0 Å². The number of hydrogen-bond acceptors (Lipinski definition) is 3. The van der Waals surface area contributed by atoms with Crippen LogP contribution in [0.5, 0.6) is 0 Å². The van der Waals surface area contributed by atoms with Gasteiger partial charge >= 0.3 is 0 Å². The molecule has 0 amide bonds. The molecule has 3 rings (SSSR count). The highest BCUT2D eigenvalue weighted by atomic mass is 15.2. The largest absolute Gasteiger partial charge is 0.316 e. The summed E-state index contributed by atoms with van der Waals surface area (Å²) >= 11 is 0. The molecule has 2 fully saturated rings. The van der Waals surface area contributed by atoms with E-state index >= 15 is 0 Å². The summed E-state index contributed by atoms with van der Waals surface area (Å²) in [6.07, 6.45) is 5.25. The molecule has 2 saturated heterocycles. The maximum atomic E-state index is 4.23. The topological polar surface area (TPSA) is 33.1 Å². The second-order valence-electron chi connectivity index (χ2n) is 5.59. The lowest BCUT2D eigenvalue weighted by Gasteiger charge is -2.23. The van der Waals surface area contributed by atoms with Crippen LogP contribution in [0.15, 0.2) is 12.4 Å².